The second-order valence-electron chi connectivity index (χ2n) is 4.28. The number of benzene rings is 1. The van der Waals surface area contributed by atoms with Gasteiger partial charge in [-0.05, 0) is 25.1 Å². The standard InChI is InChI=1S/C13H15FN6S/c1-9(21)17-5-10(15)6-18-11-2-3-13(12(14)4-11)20-8-16-7-19-20/h2-4,6-8,18H,5,15H2,1H3,(H,17,21)/b10-6-. The molecule has 0 aliphatic heterocycles. The van der Waals surface area contributed by atoms with E-state index in [1.807, 2.05) is 0 Å². The maximum absolute atomic E-state index is 14.0. The van der Waals surface area contributed by atoms with E-state index < -0.39 is 5.82 Å². The predicted molar refractivity (Wildman–Crippen MR) is 83.5 cm³/mol. The minimum absolute atomic E-state index is 0.327. The summed E-state index contributed by atoms with van der Waals surface area (Å²) in [7, 11) is 0. The fourth-order valence-corrected chi connectivity index (χ4v) is 1.64. The summed E-state index contributed by atoms with van der Waals surface area (Å²) in [6.45, 7) is 2.20. The number of nitrogens with one attached hydrogen (secondary N) is 2. The summed E-state index contributed by atoms with van der Waals surface area (Å²) in [6.07, 6.45) is 4.37. The molecule has 110 valence electrons. The largest absolute Gasteiger partial charge is 0.399 e. The average molecular weight is 306 g/mol. The van der Waals surface area contributed by atoms with Crippen LogP contribution in [0, 0.1) is 5.82 Å². The van der Waals surface area contributed by atoms with Crippen LogP contribution in [0.1, 0.15) is 6.92 Å². The third-order valence-electron chi connectivity index (χ3n) is 2.58. The van der Waals surface area contributed by atoms with E-state index in [0.717, 1.165) is 0 Å². The van der Waals surface area contributed by atoms with Gasteiger partial charge in [-0.15, -0.1) is 0 Å². The van der Waals surface area contributed by atoms with E-state index in [4.69, 9.17) is 18.0 Å². The number of hydrogen-bond acceptors (Lipinski definition) is 5. The van der Waals surface area contributed by atoms with Crippen molar-refractivity contribution >= 4 is 22.9 Å². The molecule has 0 saturated heterocycles. The first-order chi connectivity index (χ1) is 10.1. The molecule has 2 aromatic rings. The van der Waals surface area contributed by atoms with E-state index in [1.54, 1.807) is 25.3 Å². The van der Waals surface area contributed by atoms with Crippen LogP contribution in [0.15, 0.2) is 42.8 Å². The summed E-state index contributed by atoms with van der Waals surface area (Å²) >= 11 is 4.88. The van der Waals surface area contributed by atoms with Gasteiger partial charge >= 0.3 is 0 Å². The van der Waals surface area contributed by atoms with Gasteiger partial charge < -0.3 is 16.4 Å². The van der Waals surface area contributed by atoms with E-state index in [2.05, 4.69) is 20.7 Å². The molecule has 6 nitrogen and oxygen atoms in total. The molecule has 2 rings (SSSR count). The highest BCUT2D eigenvalue weighted by atomic mass is 32.1. The number of nitrogens with zero attached hydrogens (tertiary/aromatic N) is 3. The zero-order valence-electron chi connectivity index (χ0n) is 11.4. The van der Waals surface area contributed by atoms with Crippen molar-refractivity contribution in [1.29, 1.82) is 0 Å². The van der Waals surface area contributed by atoms with Gasteiger partial charge in [0.2, 0.25) is 0 Å². The lowest BCUT2D eigenvalue weighted by Crippen LogP contribution is -2.24. The van der Waals surface area contributed by atoms with E-state index in [1.165, 1.54) is 23.4 Å². The van der Waals surface area contributed by atoms with Crippen molar-refractivity contribution in [2.45, 2.75) is 6.92 Å². The van der Waals surface area contributed by atoms with Gasteiger partial charge in [0.25, 0.3) is 0 Å². The Morgan fingerprint density at radius 2 is 2.33 bits per heavy atom. The third kappa shape index (κ3) is 4.25. The fraction of sp³-hybridized carbons (Fsp3) is 0.154. The Bertz CT molecular complexity index is 653. The van der Waals surface area contributed by atoms with Crippen LogP contribution in [0.2, 0.25) is 0 Å². The highest BCUT2D eigenvalue weighted by Gasteiger charge is 2.05. The number of halogens is 1. The Morgan fingerprint density at radius 1 is 1.52 bits per heavy atom. The minimum atomic E-state index is -0.412. The van der Waals surface area contributed by atoms with Crippen LogP contribution in [0.5, 0.6) is 0 Å². The van der Waals surface area contributed by atoms with Crippen molar-refractivity contribution in [3.63, 3.8) is 0 Å². The molecule has 0 unspecified atom stereocenters. The van der Waals surface area contributed by atoms with Gasteiger partial charge in [0.05, 0.1) is 11.5 Å². The lowest BCUT2D eigenvalue weighted by molar-refractivity contribution is 0.611. The number of rotatable bonds is 5. The van der Waals surface area contributed by atoms with Gasteiger partial charge in [0, 0.05) is 17.6 Å². The molecule has 0 aliphatic carbocycles. The Labute approximate surface area is 126 Å². The summed E-state index contributed by atoms with van der Waals surface area (Å²) in [6, 6.07) is 4.69. The average Bonchev–Trinajstić information content (AvgIpc) is 2.97. The van der Waals surface area contributed by atoms with E-state index in [9.17, 15) is 4.39 Å². The maximum atomic E-state index is 14.0. The second kappa shape index (κ2) is 6.80. The molecule has 0 spiro atoms. The Hall–Kier alpha value is -2.48. The molecular formula is C13H15FN6S. The van der Waals surface area contributed by atoms with E-state index in [-0.39, 0.29) is 0 Å². The Balaban J connectivity index is 2.04. The molecule has 21 heavy (non-hydrogen) atoms. The summed E-state index contributed by atoms with van der Waals surface area (Å²) in [5.74, 6) is -0.412. The van der Waals surface area contributed by atoms with Gasteiger partial charge in [0.1, 0.15) is 18.3 Å². The summed E-state index contributed by atoms with van der Waals surface area (Å²) in [5.41, 5.74) is 7.24. The fourth-order valence-electron chi connectivity index (χ4n) is 1.57. The lowest BCUT2D eigenvalue weighted by atomic mass is 10.2. The molecule has 0 fully saturated rings. The maximum Gasteiger partial charge on any atom is 0.150 e. The lowest BCUT2D eigenvalue weighted by Gasteiger charge is -2.08. The van der Waals surface area contributed by atoms with Crippen LogP contribution >= 0.6 is 12.2 Å². The molecule has 0 bridgehead atoms. The van der Waals surface area contributed by atoms with Gasteiger partial charge in [-0.3, -0.25) is 0 Å². The zero-order chi connectivity index (χ0) is 15.2. The van der Waals surface area contributed by atoms with E-state index >= 15 is 0 Å². The normalized spacial score (nSPS) is 11.2. The van der Waals surface area contributed by atoms with Crippen LogP contribution in [0.3, 0.4) is 0 Å². The van der Waals surface area contributed by atoms with Gasteiger partial charge in [-0.1, -0.05) is 12.2 Å². The van der Waals surface area contributed by atoms with Crippen molar-refractivity contribution in [3.8, 4) is 5.69 Å². The molecule has 1 heterocycles. The highest BCUT2D eigenvalue weighted by molar-refractivity contribution is 7.80. The van der Waals surface area contributed by atoms with Crippen molar-refractivity contribution in [2.75, 3.05) is 11.9 Å². The SMILES string of the molecule is CC(=S)NC/C(N)=C/Nc1ccc(-n2cncn2)c(F)c1. The van der Waals surface area contributed by atoms with Crippen molar-refractivity contribution < 1.29 is 4.39 Å². The van der Waals surface area contributed by atoms with Crippen molar-refractivity contribution in [3.05, 3.63) is 48.6 Å². The first kappa shape index (κ1) is 14.9. The quantitative estimate of drug-likeness (QED) is 0.727. The highest BCUT2D eigenvalue weighted by Crippen LogP contribution is 2.17. The molecule has 4 N–H and O–H groups in total. The molecule has 0 saturated carbocycles. The second-order valence-corrected chi connectivity index (χ2v) is 4.89. The van der Waals surface area contributed by atoms with Crippen molar-refractivity contribution in [1.82, 2.24) is 20.1 Å². The number of hydrogen-bond donors (Lipinski definition) is 3. The van der Waals surface area contributed by atoms with Crippen LogP contribution in [-0.4, -0.2) is 26.3 Å². The van der Waals surface area contributed by atoms with Gasteiger partial charge in [0.15, 0.2) is 5.82 Å². The Morgan fingerprint density at radius 3 is 2.95 bits per heavy atom. The zero-order valence-corrected chi connectivity index (χ0v) is 12.2. The number of thiocarbonyl (C=S) groups is 1. The molecular weight excluding hydrogens is 291 g/mol. The summed E-state index contributed by atoms with van der Waals surface area (Å²) < 4.78 is 15.3. The van der Waals surface area contributed by atoms with Crippen LogP contribution in [0.4, 0.5) is 10.1 Å². The molecule has 0 aliphatic rings. The number of aromatic nitrogens is 3. The number of nitrogens with two attached hydrogens (primary N) is 1. The molecule has 8 heteroatoms. The smallest absolute Gasteiger partial charge is 0.150 e. The van der Waals surface area contributed by atoms with Crippen molar-refractivity contribution in [2.24, 2.45) is 5.73 Å². The summed E-state index contributed by atoms with van der Waals surface area (Å²) in [4.78, 5) is 4.44. The van der Waals surface area contributed by atoms with Crippen LogP contribution in [-0.2, 0) is 0 Å². The monoisotopic (exact) mass is 306 g/mol. The van der Waals surface area contributed by atoms with Crippen LogP contribution < -0.4 is 16.4 Å². The minimum Gasteiger partial charge on any atom is -0.399 e. The molecule has 0 atom stereocenters. The molecule has 0 radical (unpaired) electrons. The first-order valence-corrected chi connectivity index (χ1v) is 6.57. The van der Waals surface area contributed by atoms with Crippen LogP contribution in [0.25, 0.3) is 5.69 Å². The number of anilines is 1. The first-order valence-electron chi connectivity index (χ1n) is 6.16. The third-order valence-corrected chi connectivity index (χ3v) is 2.72. The molecule has 1 aromatic heterocycles. The summed E-state index contributed by atoms with van der Waals surface area (Å²) in [5, 5.41) is 9.74. The topological polar surface area (TPSA) is 80.8 Å². The predicted octanol–water partition coefficient (Wildman–Crippen LogP) is 1.56. The van der Waals surface area contributed by atoms with Gasteiger partial charge in [-0.2, -0.15) is 5.10 Å². The molecule has 0 amide bonds. The van der Waals surface area contributed by atoms with Gasteiger partial charge in [-0.25, -0.2) is 14.1 Å². The Kier molecular flexibility index (Phi) is 4.83. The van der Waals surface area contributed by atoms with E-state index in [0.29, 0.717) is 28.6 Å². The molecule has 1 aromatic carbocycles.